The Bertz CT molecular complexity index is 465. The number of likely N-dealkylation sites (N-methyl/N-ethyl adjacent to an activating group) is 1. The zero-order valence-corrected chi connectivity index (χ0v) is 10.9. The Morgan fingerprint density at radius 1 is 1.38 bits per heavy atom. The Balaban J connectivity index is 0.00000128. The van der Waals surface area contributed by atoms with Crippen molar-refractivity contribution in [1.82, 2.24) is 14.9 Å². The topological polar surface area (TPSA) is 31.9 Å². The molecule has 0 spiro atoms. The number of nitrogens with zero attached hydrogens (tertiary/aromatic N) is 2. The lowest BCUT2D eigenvalue weighted by atomic mass is 10.1. The van der Waals surface area contributed by atoms with Crippen LogP contribution in [-0.2, 0) is 6.42 Å². The lowest BCUT2D eigenvalue weighted by molar-refractivity contribution is 0.414. The first kappa shape index (κ1) is 13.3. The third-order valence-electron chi connectivity index (χ3n) is 2.42. The van der Waals surface area contributed by atoms with Gasteiger partial charge in [-0.3, -0.25) is 0 Å². The molecule has 0 unspecified atom stereocenters. The van der Waals surface area contributed by atoms with Crippen molar-refractivity contribution in [2.24, 2.45) is 0 Å². The molecule has 88 valence electrons. The minimum atomic E-state index is 0. The molecule has 3 nitrogen and oxygen atoms in total. The Labute approximate surface area is 106 Å². The molecular weight excluding hydrogens is 245 g/mol. The average molecular weight is 260 g/mol. The monoisotopic (exact) mass is 259 g/mol. The van der Waals surface area contributed by atoms with Crippen molar-refractivity contribution in [3.8, 4) is 0 Å². The van der Waals surface area contributed by atoms with Gasteiger partial charge in [-0.15, -0.1) is 12.4 Å². The van der Waals surface area contributed by atoms with Gasteiger partial charge in [0, 0.05) is 18.1 Å². The number of aromatic amines is 1. The molecular formula is C11H15Cl2N3. The zero-order valence-electron chi connectivity index (χ0n) is 9.33. The second-order valence-corrected chi connectivity index (χ2v) is 4.28. The molecule has 0 bridgehead atoms. The van der Waals surface area contributed by atoms with Crippen LogP contribution in [0.1, 0.15) is 5.56 Å². The molecule has 0 aromatic carbocycles. The molecule has 0 saturated heterocycles. The highest BCUT2D eigenvalue weighted by molar-refractivity contribution is 6.29. The summed E-state index contributed by atoms with van der Waals surface area (Å²) in [6.07, 6.45) is 3.04. The number of halogens is 2. The van der Waals surface area contributed by atoms with E-state index in [1.807, 2.05) is 18.3 Å². The van der Waals surface area contributed by atoms with Gasteiger partial charge in [0.25, 0.3) is 0 Å². The van der Waals surface area contributed by atoms with E-state index >= 15 is 0 Å². The second-order valence-electron chi connectivity index (χ2n) is 3.90. The molecule has 1 N–H and O–H groups in total. The van der Waals surface area contributed by atoms with Crippen LogP contribution in [0.4, 0.5) is 0 Å². The molecule has 16 heavy (non-hydrogen) atoms. The first-order valence-corrected chi connectivity index (χ1v) is 5.32. The van der Waals surface area contributed by atoms with Gasteiger partial charge in [-0.25, -0.2) is 4.98 Å². The number of fused-ring (bicyclic) bond motifs is 1. The summed E-state index contributed by atoms with van der Waals surface area (Å²) < 4.78 is 0. The molecule has 2 aromatic rings. The van der Waals surface area contributed by atoms with Crippen molar-refractivity contribution < 1.29 is 0 Å². The summed E-state index contributed by atoms with van der Waals surface area (Å²) in [6.45, 7) is 1.04. The van der Waals surface area contributed by atoms with Crippen LogP contribution >= 0.6 is 24.0 Å². The van der Waals surface area contributed by atoms with Gasteiger partial charge in [0.1, 0.15) is 10.8 Å². The fraction of sp³-hybridized carbons (Fsp3) is 0.364. The van der Waals surface area contributed by atoms with Crippen LogP contribution in [0, 0.1) is 0 Å². The van der Waals surface area contributed by atoms with Crippen LogP contribution < -0.4 is 0 Å². The molecule has 2 aromatic heterocycles. The van der Waals surface area contributed by atoms with Crippen LogP contribution in [-0.4, -0.2) is 35.5 Å². The molecule has 0 fully saturated rings. The van der Waals surface area contributed by atoms with E-state index in [9.17, 15) is 0 Å². The molecule has 2 heterocycles. The third kappa shape index (κ3) is 2.88. The number of rotatable bonds is 3. The van der Waals surface area contributed by atoms with Gasteiger partial charge in [0.15, 0.2) is 0 Å². The summed E-state index contributed by atoms with van der Waals surface area (Å²) in [6, 6.07) is 3.85. The summed E-state index contributed by atoms with van der Waals surface area (Å²) in [5, 5.41) is 1.70. The summed E-state index contributed by atoms with van der Waals surface area (Å²) >= 11 is 5.82. The van der Waals surface area contributed by atoms with E-state index in [1.54, 1.807) is 0 Å². The lowest BCUT2D eigenvalue weighted by Gasteiger charge is -2.07. The average Bonchev–Trinajstić information content (AvgIpc) is 2.57. The highest BCUT2D eigenvalue weighted by Crippen LogP contribution is 2.19. The van der Waals surface area contributed by atoms with E-state index in [1.165, 1.54) is 10.9 Å². The molecule has 0 aliphatic heterocycles. The fourth-order valence-corrected chi connectivity index (χ4v) is 1.74. The van der Waals surface area contributed by atoms with Gasteiger partial charge < -0.3 is 9.88 Å². The Morgan fingerprint density at radius 2 is 2.12 bits per heavy atom. The highest BCUT2D eigenvalue weighted by Gasteiger charge is 2.05. The third-order valence-corrected chi connectivity index (χ3v) is 2.63. The van der Waals surface area contributed by atoms with E-state index in [4.69, 9.17) is 11.6 Å². The van der Waals surface area contributed by atoms with E-state index in [-0.39, 0.29) is 12.4 Å². The van der Waals surface area contributed by atoms with Crippen molar-refractivity contribution in [3.05, 3.63) is 29.0 Å². The summed E-state index contributed by atoms with van der Waals surface area (Å²) in [7, 11) is 4.15. The maximum atomic E-state index is 5.82. The number of hydrogen-bond acceptors (Lipinski definition) is 2. The Morgan fingerprint density at radius 3 is 2.81 bits per heavy atom. The lowest BCUT2D eigenvalue weighted by Crippen LogP contribution is -2.14. The smallest absolute Gasteiger partial charge is 0.139 e. The molecule has 0 aliphatic rings. The SMILES string of the molecule is CN(C)CCc1c[nH]c2nc(Cl)ccc12.Cl. The quantitative estimate of drug-likeness (QED) is 0.860. The van der Waals surface area contributed by atoms with E-state index in [2.05, 4.69) is 29.0 Å². The van der Waals surface area contributed by atoms with Crippen LogP contribution in [0.15, 0.2) is 18.3 Å². The maximum Gasteiger partial charge on any atom is 0.139 e. The van der Waals surface area contributed by atoms with Crippen molar-refractivity contribution in [2.45, 2.75) is 6.42 Å². The Hall–Kier alpha value is -0.770. The minimum absolute atomic E-state index is 0. The van der Waals surface area contributed by atoms with Crippen molar-refractivity contribution in [2.75, 3.05) is 20.6 Å². The van der Waals surface area contributed by atoms with Gasteiger partial charge in [-0.05, 0) is 38.2 Å². The first-order valence-electron chi connectivity index (χ1n) is 4.94. The van der Waals surface area contributed by atoms with E-state index in [0.717, 1.165) is 18.6 Å². The number of H-pyrrole nitrogens is 1. The van der Waals surface area contributed by atoms with Crippen LogP contribution in [0.5, 0.6) is 0 Å². The van der Waals surface area contributed by atoms with Gasteiger partial charge in [0.05, 0.1) is 0 Å². The Kier molecular flexibility index (Phi) is 4.59. The fourth-order valence-electron chi connectivity index (χ4n) is 1.59. The number of pyridine rings is 1. The number of nitrogens with one attached hydrogen (secondary N) is 1. The highest BCUT2D eigenvalue weighted by atomic mass is 35.5. The maximum absolute atomic E-state index is 5.82. The zero-order chi connectivity index (χ0) is 10.8. The molecule has 5 heteroatoms. The van der Waals surface area contributed by atoms with Crippen LogP contribution in [0.2, 0.25) is 5.15 Å². The van der Waals surface area contributed by atoms with E-state index < -0.39 is 0 Å². The molecule has 0 aliphatic carbocycles. The largest absolute Gasteiger partial charge is 0.346 e. The predicted molar refractivity (Wildman–Crippen MR) is 70.6 cm³/mol. The molecule has 0 radical (unpaired) electrons. The summed E-state index contributed by atoms with van der Waals surface area (Å²) in [4.78, 5) is 9.53. The normalized spacial score (nSPS) is 10.8. The molecule has 0 amide bonds. The van der Waals surface area contributed by atoms with Gasteiger partial charge >= 0.3 is 0 Å². The standard InChI is InChI=1S/C11H14ClN3.ClH/c1-15(2)6-5-8-7-13-11-9(8)3-4-10(12)14-11;/h3-4,7H,5-6H2,1-2H3,(H,13,14);1H. The molecule has 0 atom stereocenters. The van der Waals surface area contributed by atoms with Crippen molar-refractivity contribution >= 4 is 35.0 Å². The first-order chi connectivity index (χ1) is 7.16. The van der Waals surface area contributed by atoms with Crippen molar-refractivity contribution in [1.29, 1.82) is 0 Å². The second kappa shape index (κ2) is 5.53. The number of aromatic nitrogens is 2. The predicted octanol–water partition coefficient (Wildman–Crippen LogP) is 2.74. The summed E-state index contributed by atoms with van der Waals surface area (Å²) in [5.74, 6) is 0. The number of hydrogen-bond donors (Lipinski definition) is 1. The van der Waals surface area contributed by atoms with Gasteiger partial charge in [-0.1, -0.05) is 11.6 Å². The van der Waals surface area contributed by atoms with Gasteiger partial charge in [-0.2, -0.15) is 0 Å². The van der Waals surface area contributed by atoms with Crippen molar-refractivity contribution in [3.63, 3.8) is 0 Å². The van der Waals surface area contributed by atoms with Crippen LogP contribution in [0.25, 0.3) is 11.0 Å². The minimum Gasteiger partial charge on any atom is -0.346 e. The van der Waals surface area contributed by atoms with E-state index in [0.29, 0.717) is 5.15 Å². The molecule has 2 rings (SSSR count). The van der Waals surface area contributed by atoms with Gasteiger partial charge in [0.2, 0.25) is 0 Å². The molecule has 0 saturated carbocycles. The van der Waals surface area contributed by atoms with Crippen LogP contribution in [0.3, 0.4) is 0 Å². The summed E-state index contributed by atoms with van der Waals surface area (Å²) in [5.41, 5.74) is 2.17.